The molecule has 0 aromatic carbocycles. The topological polar surface area (TPSA) is 59.9 Å². The van der Waals surface area contributed by atoms with Gasteiger partial charge in [-0.1, -0.05) is 6.07 Å². The highest BCUT2D eigenvalue weighted by Gasteiger charge is 2.10. The summed E-state index contributed by atoms with van der Waals surface area (Å²) in [6, 6.07) is 3.95. The van der Waals surface area contributed by atoms with Crippen LogP contribution >= 0.6 is 0 Å². The number of hydrogen-bond donors (Lipinski definition) is 1. The van der Waals surface area contributed by atoms with Crippen molar-refractivity contribution >= 4 is 5.82 Å². The van der Waals surface area contributed by atoms with Crippen LogP contribution in [0.15, 0.2) is 18.3 Å². The van der Waals surface area contributed by atoms with Crippen molar-refractivity contribution in [3.8, 4) is 11.5 Å². The van der Waals surface area contributed by atoms with E-state index in [0.29, 0.717) is 12.4 Å². The minimum absolute atomic E-state index is 0.453. The van der Waals surface area contributed by atoms with Crippen LogP contribution in [-0.4, -0.2) is 29.1 Å². The summed E-state index contributed by atoms with van der Waals surface area (Å²) in [5, 5.41) is 3.03. The molecule has 0 aliphatic rings. The highest BCUT2D eigenvalue weighted by molar-refractivity contribution is 5.57. The number of ether oxygens (including phenoxy) is 1. The zero-order valence-corrected chi connectivity index (χ0v) is 11.7. The quantitative estimate of drug-likeness (QED) is 0.912. The predicted molar refractivity (Wildman–Crippen MR) is 75.0 cm³/mol. The van der Waals surface area contributed by atoms with Crippen molar-refractivity contribution in [2.75, 3.05) is 19.5 Å². The molecule has 19 heavy (non-hydrogen) atoms. The molecule has 0 saturated heterocycles. The van der Waals surface area contributed by atoms with Gasteiger partial charge in [-0.3, -0.25) is 4.98 Å². The number of aryl methyl sites for hydroxylation is 2. The van der Waals surface area contributed by atoms with E-state index in [9.17, 15) is 0 Å². The first kappa shape index (κ1) is 13.4. The first-order chi connectivity index (χ1) is 9.13. The Labute approximate surface area is 113 Å². The van der Waals surface area contributed by atoms with E-state index < -0.39 is 0 Å². The molecular formula is C14H18N4O. The maximum atomic E-state index is 5.13. The van der Waals surface area contributed by atoms with Crippen LogP contribution in [0.4, 0.5) is 5.82 Å². The average molecular weight is 258 g/mol. The standard InChI is InChI=1S/C14H18N4O/c1-9-5-10(2)13(16-7-9)14-17-11(8-19-4)6-12(15-3)18-14/h5-7H,8H2,1-4H3,(H,15,17,18). The minimum atomic E-state index is 0.453. The number of nitrogens with one attached hydrogen (secondary N) is 1. The van der Waals surface area contributed by atoms with Gasteiger partial charge in [0.05, 0.1) is 12.3 Å². The lowest BCUT2D eigenvalue weighted by Gasteiger charge is -2.09. The van der Waals surface area contributed by atoms with Crippen molar-refractivity contribution in [2.45, 2.75) is 20.5 Å². The van der Waals surface area contributed by atoms with E-state index in [0.717, 1.165) is 28.3 Å². The van der Waals surface area contributed by atoms with Crippen LogP contribution in [0.5, 0.6) is 0 Å². The molecule has 0 unspecified atom stereocenters. The molecule has 0 amide bonds. The van der Waals surface area contributed by atoms with Crippen LogP contribution in [-0.2, 0) is 11.3 Å². The van der Waals surface area contributed by atoms with E-state index >= 15 is 0 Å². The summed E-state index contributed by atoms with van der Waals surface area (Å²) in [5.41, 5.74) is 3.83. The number of methoxy groups -OCH3 is 1. The lowest BCUT2D eigenvalue weighted by molar-refractivity contribution is 0.181. The van der Waals surface area contributed by atoms with Gasteiger partial charge in [0, 0.05) is 26.4 Å². The van der Waals surface area contributed by atoms with E-state index in [-0.39, 0.29) is 0 Å². The molecular weight excluding hydrogens is 240 g/mol. The molecule has 0 bridgehead atoms. The van der Waals surface area contributed by atoms with Gasteiger partial charge in [0.2, 0.25) is 0 Å². The summed E-state index contributed by atoms with van der Waals surface area (Å²) in [4.78, 5) is 13.4. The number of aromatic nitrogens is 3. The van der Waals surface area contributed by atoms with Gasteiger partial charge in [0.1, 0.15) is 11.5 Å². The number of nitrogens with zero attached hydrogens (tertiary/aromatic N) is 3. The smallest absolute Gasteiger partial charge is 0.180 e. The van der Waals surface area contributed by atoms with Crippen LogP contribution in [0.2, 0.25) is 0 Å². The Morgan fingerprint density at radius 2 is 2.00 bits per heavy atom. The van der Waals surface area contributed by atoms with Gasteiger partial charge in [0.25, 0.3) is 0 Å². The molecule has 5 heteroatoms. The molecule has 0 fully saturated rings. The van der Waals surface area contributed by atoms with Crippen molar-refractivity contribution in [2.24, 2.45) is 0 Å². The molecule has 0 atom stereocenters. The Balaban J connectivity index is 2.51. The molecule has 0 spiro atoms. The summed E-state index contributed by atoms with van der Waals surface area (Å²) >= 11 is 0. The number of rotatable bonds is 4. The minimum Gasteiger partial charge on any atom is -0.378 e. The fraction of sp³-hybridized carbons (Fsp3) is 0.357. The van der Waals surface area contributed by atoms with Gasteiger partial charge >= 0.3 is 0 Å². The summed E-state index contributed by atoms with van der Waals surface area (Å²) in [5.74, 6) is 1.38. The molecule has 0 saturated carbocycles. The zero-order chi connectivity index (χ0) is 13.8. The number of hydrogen-bond acceptors (Lipinski definition) is 5. The maximum Gasteiger partial charge on any atom is 0.180 e. The van der Waals surface area contributed by atoms with Crippen molar-refractivity contribution < 1.29 is 4.74 Å². The molecule has 0 aliphatic carbocycles. The molecule has 2 aromatic rings. The van der Waals surface area contributed by atoms with Gasteiger partial charge in [-0.25, -0.2) is 9.97 Å². The largest absolute Gasteiger partial charge is 0.378 e. The maximum absolute atomic E-state index is 5.13. The SMILES string of the molecule is CNc1cc(COC)nc(-c2ncc(C)cc2C)n1. The summed E-state index contributed by atoms with van der Waals surface area (Å²) in [6.07, 6.45) is 1.83. The second-order valence-corrected chi connectivity index (χ2v) is 4.43. The van der Waals surface area contributed by atoms with Crippen LogP contribution in [0.25, 0.3) is 11.5 Å². The average Bonchev–Trinajstić information content (AvgIpc) is 2.38. The third-order valence-electron chi connectivity index (χ3n) is 2.75. The van der Waals surface area contributed by atoms with E-state index in [1.807, 2.05) is 33.2 Å². The Morgan fingerprint density at radius 3 is 2.63 bits per heavy atom. The lowest BCUT2D eigenvalue weighted by atomic mass is 10.1. The highest BCUT2D eigenvalue weighted by Crippen LogP contribution is 2.20. The summed E-state index contributed by atoms with van der Waals surface area (Å²) in [6.45, 7) is 4.49. The Morgan fingerprint density at radius 1 is 1.21 bits per heavy atom. The Hall–Kier alpha value is -2.01. The van der Waals surface area contributed by atoms with Crippen LogP contribution in [0.1, 0.15) is 16.8 Å². The second kappa shape index (κ2) is 5.75. The van der Waals surface area contributed by atoms with Crippen molar-refractivity contribution in [3.63, 3.8) is 0 Å². The molecule has 1 N–H and O–H groups in total. The van der Waals surface area contributed by atoms with Crippen molar-refractivity contribution in [1.29, 1.82) is 0 Å². The van der Waals surface area contributed by atoms with Gasteiger partial charge in [0.15, 0.2) is 5.82 Å². The third kappa shape index (κ3) is 3.06. The summed E-state index contributed by atoms with van der Waals surface area (Å²) < 4.78 is 5.13. The first-order valence-corrected chi connectivity index (χ1v) is 6.12. The first-order valence-electron chi connectivity index (χ1n) is 6.12. The van der Waals surface area contributed by atoms with E-state index in [1.54, 1.807) is 7.11 Å². The molecule has 100 valence electrons. The van der Waals surface area contributed by atoms with E-state index in [2.05, 4.69) is 26.3 Å². The summed E-state index contributed by atoms with van der Waals surface area (Å²) in [7, 11) is 3.48. The van der Waals surface area contributed by atoms with E-state index in [4.69, 9.17) is 4.74 Å². The molecule has 0 radical (unpaired) electrons. The van der Waals surface area contributed by atoms with Gasteiger partial charge in [-0.05, 0) is 25.0 Å². The Bertz CT molecular complexity index is 584. The normalized spacial score (nSPS) is 10.5. The monoisotopic (exact) mass is 258 g/mol. The molecule has 2 heterocycles. The third-order valence-corrected chi connectivity index (χ3v) is 2.75. The van der Waals surface area contributed by atoms with Gasteiger partial charge in [-0.15, -0.1) is 0 Å². The fourth-order valence-electron chi connectivity index (χ4n) is 1.90. The van der Waals surface area contributed by atoms with Gasteiger partial charge in [-0.2, -0.15) is 0 Å². The van der Waals surface area contributed by atoms with Crippen LogP contribution in [0.3, 0.4) is 0 Å². The molecule has 0 aliphatic heterocycles. The second-order valence-electron chi connectivity index (χ2n) is 4.43. The molecule has 2 aromatic heterocycles. The highest BCUT2D eigenvalue weighted by atomic mass is 16.5. The zero-order valence-electron chi connectivity index (χ0n) is 11.7. The van der Waals surface area contributed by atoms with Crippen molar-refractivity contribution in [3.05, 3.63) is 35.2 Å². The number of anilines is 1. The van der Waals surface area contributed by atoms with E-state index in [1.165, 1.54) is 0 Å². The number of pyridine rings is 1. The molecule has 5 nitrogen and oxygen atoms in total. The molecule has 2 rings (SSSR count). The fourth-order valence-corrected chi connectivity index (χ4v) is 1.90. The lowest BCUT2D eigenvalue weighted by Crippen LogP contribution is -2.03. The Kier molecular flexibility index (Phi) is 4.06. The predicted octanol–water partition coefficient (Wildman–Crippen LogP) is 2.34. The van der Waals surface area contributed by atoms with Crippen molar-refractivity contribution in [1.82, 2.24) is 15.0 Å². The van der Waals surface area contributed by atoms with Crippen LogP contribution in [0, 0.1) is 13.8 Å². The van der Waals surface area contributed by atoms with Gasteiger partial charge < -0.3 is 10.1 Å². The van der Waals surface area contributed by atoms with Crippen LogP contribution < -0.4 is 5.32 Å².